The Hall–Kier alpha value is -1.64. The van der Waals surface area contributed by atoms with Crippen molar-refractivity contribution in [1.82, 2.24) is 10.6 Å². The molecule has 1 aromatic rings. The fourth-order valence-electron chi connectivity index (χ4n) is 3.04. The minimum Gasteiger partial charge on any atom is -0.349 e. The summed E-state index contributed by atoms with van der Waals surface area (Å²) in [5.41, 5.74) is 0.999. The van der Waals surface area contributed by atoms with E-state index < -0.39 is 20.5 Å². The molecule has 26 heavy (non-hydrogen) atoms. The van der Waals surface area contributed by atoms with Crippen LogP contribution in [0, 0.1) is 0 Å². The van der Waals surface area contributed by atoms with Gasteiger partial charge in [-0.15, -0.1) is 12.4 Å². The number of carbonyl (C=O) groups is 2. The lowest BCUT2D eigenvalue weighted by atomic mass is 9.95. The Morgan fingerprint density at radius 1 is 1.12 bits per heavy atom. The van der Waals surface area contributed by atoms with Gasteiger partial charge in [0.15, 0.2) is 14.6 Å². The van der Waals surface area contributed by atoms with E-state index in [-0.39, 0.29) is 37.2 Å². The Bertz CT molecular complexity index is 770. The number of halogens is 1. The lowest BCUT2D eigenvalue weighted by Crippen LogP contribution is -2.55. The van der Waals surface area contributed by atoms with Gasteiger partial charge in [-0.05, 0) is 63.0 Å². The summed E-state index contributed by atoms with van der Waals surface area (Å²) in [5, 5.41) is 8.68. The van der Waals surface area contributed by atoms with Crippen LogP contribution in [0.5, 0.6) is 0 Å². The van der Waals surface area contributed by atoms with Crippen LogP contribution in [0.3, 0.4) is 0 Å². The maximum atomic E-state index is 12.7. The second kappa shape index (κ2) is 7.94. The third-order valence-corrected chi connectivity index (χ3v) is 6.87. The van der Waals surface area contributed by atoms with Crippen LogP contribution in [0.4, 0.5) is 5.69 Å². The van der Waals surface area contributed by atoms with E-state index in [9.17, 15) is 18.0 Å². The van der Waals surface area contributed by atoms with Crippen molar-refractivity contribution in [2.75, 3.05) is 24.7 Å². The smallest absolute Gasteiger partial charge is 0.251 e. The lowest BCUT2D eigenvalue weighted by Gasteiger charge is -2.34. The van der Waals surface area contributed by atoms with E-state index in [0.29, 0.717) is 24.3 Å². The summed E-state index contributed by atoms with van der Waals surface area (Å²) in [6, 6.07) is 6.78. The highest BCUT2D eigenvalue weighted by molar-refractivity contribution is 7.92. The molecule has 2 amide bonds. The summed E-state index contributed by atoms with van der Waals surface area (Å²) in [6.45, 7) is 0.974. The second-order valence-electron chi connectivity index (χ2n) is 6.80. The van der Waals surface area contributed by atoms with Crippen molar-refractivity contribution in [2.24, 2.45) is 0 Å². The van der Waals surface area contributed by atoms with Crippen LogP contribution in [0.2, 0.25) is 0 Å². The maximum absolute atomic E-state index is 12.7. The van der Waals surface area contributed by atoms with Gasteiger partial charge in [0.05, 0.1) is 0 Å². The first kappa shape index (κ1) is 20.7. The molecule has 9 heteroatoms. The van der Waals surface area contributed by atoms with Crippen molar-refractivity contribution in [3.8, 4) is 0 Å². The van der Waals surface area contributed by atoms with E-state index in [1.807, 2.05) is 0 Å². The third-order valence-electron chi connectivity index (χ3n) is 4.85. The topological polar surface area (TPSA) is 104 Å². The van der Waals surface area contributed by atoms with Gasteiger partial charge in [0.2, 0.25) is 5.91 Å². The summed E-state index contributed by atoms with van der Waals surface area (Å²) in [6.07, 6.45) is 3.65. The zero-order valence-corrected chi connectivity index (χ0v) is 16.2. The first-order valence-electron chi connectivity index (χ1n) is 8.44. The zero-order valence-electron chi connectivity index (χ0n) is 14.6. The van der Waals surface area contributed by atoms with Crippen LogP contribution in [-0.2, 0) is 14.6 Å². The predicted octanol–water partition coefficient (Wildman–Crippen LogP) is 1.11. The molecule has 0 unspecified atom stereocenters. The first-order valence-corrected chi connectivity index (χ1v) is 10.3. The summed E-state index contributed by atoms with van der Waals surface area (Å²) in [5.74, 6) is -0.641. The van der Waals surface area contributed by atoms with Gasteiger partial charge in [-0.1, -0.05) is 0 Å². The van der Waals surface area contributed by atoms with Gasteiger partial charge >= 0.3 is 0 Å². The number of piperidine rings is 1. The van der Waals surface area contributed by atoms with E-state index in [4.69, 9.17) is 0 Å². The molecule has 1 saturated heterocycles. The number of amides is 2. The monoisotopic (exact) mass is 401 g/mol. The molecule has 0 spiro atoms. The fourth-order valence-corrected chi connectivity index (χ4v) is 4.38. The van der Waals surface area contributed by atoms with E-state index in [1.54, 1.807) is 24.3 Å². The Kier molecular flexibility index (Phi) is 6.31. The summed E-state index contributed by atoms with van der Waals surface area (Å²) < 4.78 is 23.1. The van der Waals surface area contributed by atoms with E-state index in [1.165, 1.54) is 0 Å². The second-order valence-corrected chi connectivity index (χ2v) is 9.12. The molecule has 0 atom stereocenters. The first-order chi connectivity index (χ1) is 11.8. The highest BCUT2D eigenvalue weighted by atomic mass is 35.5. The number of sulfone groups is 1. The molecule has 7 nitrogen and oxygen atoms in total. The normalized spacial score (nSPS) is 19.1. The molecule has 1 aliphatic carbocycles. The average Bonchev–Trinajstić information content (AvgIpc) is 3.39. The summed E-state index contributed by atoms with van der Waals surface area (Å²) >= 11 is 0. The van der Waals surface area contributed by atoms with Crippen LogP contribution < -0.4 is 16.0 Å². The maximum Gasteiger partial charge on any atom is 0.251 e. The van der Waals surface area contributed by atoms with Gasteiger partial charge in [0, 0.05) is 23.5 Å². The Balaban J connectivity index is 0.00000243. The highest BCUT2D eigenvalue weighted by Crippen LogP contribution is 2.29. The quantitative estimate of drug-likeness (QED) is 0.685. The third kappa shape index (κ3) is 4.36. The molecule has 2 fully saturated rings. The standard InChI is InChI=1S/C17H23N3O4S.ClH/c1-25(23,24)17(8-10-18-11-9-17)16(22)20-14-4-2-12(3-5-14)15(21)19-13-6-7-13;/h2-5,13,18H,6-11H2,1H3,(H,19,21)(H,20,22);1H. The molecule has 0 bridgehead atoms. The molecule has 0 aromatic heterocycles. The molecular formula is C17H24ClN3O4S. The van der Waals surface area contributed by atoms with E-state index in [0.717, 1.165) is 19.1 Å². The minimum absolute atomic E-state index is 0. The van der Waals surface area contributed by atoms with Crippen molar-refractivity contribution in [3.05, 3.63) is 29.8 Å². The van der Waals surface area contributed by atoms with Crippen LogP contribution in [-0.4, -0.2) is 50.4 Å². The molecular weight excluding hydrogens is 378 g/mol. The molecule has 1 aromatic carbocycles. The largest absolute Gasteiger partial charge is 0.349 e. The molecule has 0 radical (unpaired) electrons. The molecule has 1 heterocycles. The molecule has 3 N–H and O–H groups in total. The van der Waals surface area contributed by atoms with E-state index >= 15 is 0 Å². The summed E-state index contributed by atoms with van der Waals surface area (Å²) in [4.78, 5) is 24.7. The number of nitrogens with one attached hydrogen (secondary N) is 3. The molecule has 3 rings (SSSR count). The van der Waals surface area contributed by atoms with Gasteiger partial charge in [-0.2, -0.15) is 0 Å². The Morgan fingerprint density at radius 3 is 2.19 bits per heavy atom. The van der Waals surface area contributed by atoms with Crippen LogP contribution in [0.25, 0.3) is 0 Å². The van der Waals surface area contributed by atoms with Gasteiger partial charge in [0.25, 0.3) is 5.91 Å². The molecule has 2 aliphatic rings. The zero-order chi connectivity index (χ0) is 18.1. The number of anilines is 1. The number of benzene rings is 1. The number of hydrogen-bond donors (Lipinski definition) is 3. The van der Waals surface area contributed by atoms with Gasteiger partial charge in [-0.25, -0.2) is 8.42 Å². The molecule has 144 valence electrons. The summed E-state index contributed by atoms with van der Waals surface area (Å²) in [7, 11) is -3.55. The Morgan fingerprint density at radius 2 is 1.69 bits per heavy atom. The average molecular weight is 402 g/mol. The lowest BCUT2D eigenvalue weighted by molar-refractivity contribution is -0.119. The molecule has 1 aliphatic heterocycles. The van der Waals surface area contributed by atoms with Crippen LogP contribution in [0.1, 0.15) is 36.0 Å². The van der Waals surface area contributed by atoms with Crippen LogP contribution in [0.15, 0.2) is 24.3 Å². The number of hydrogen-bond acceptors (Lipinski definition) is 5. The highest BCUT2D eigenvalue weighted by Gasteiger charge is 2.48. The molecule has 1 saturated carbocycles. The van der Waals surface area contributed by atoms with Crippen molar-refractivity contribution in [2.45, 2.75) is 36.5 Å². The minimum atomic E-state index is -3.55. The number of carbonyl (C=O) groups excluding carboxylic acids is 2. The van der Waals surface area contributed by atoms with Crippen molar-refractivity contribution in [1.29, 1.82) is 0 Å². The van der Waals surface area contributed by atoms with E-state index in [2.05, 4.69) is 16.0 Å². The van der Waals surface area contributed by atoms with Crippen molar-refractivity contribution in [3.63, 3.8) is 0 Å². The van der Waals surface area contributed by atoms with Crippen molar-refractivity contribution < 1.29 is 18.0 Å². The van der Waals surface area contributed by atoms with Gasteiger partial charge < -0.3 is 16.0 Å². The van der Waals surface area contributed by atoms with Crippen LogP contribution >= 0.6 is 12.4 Å². The Labute approximate surface area is 159 Å². The predicted molar refractivity (Wildman–Crippen MR) is 102 cm³/mol. The van der Waals surface area contributed by atoms with Gasteiger partial charge in [-0.3, -0.25) is 9.59 Å². The van der Waals surface area contributed by atoms with Gasteiger partial charge in [0.1, 0.15) is 0 Å². The SMILES string of the molecule is CS(=O)(=O)C1(C(=O)Nc2ccc(C(=O)NC3CC3)cc2)CCNCC1.Cl. The number of rotatable bonds is 5. The van der Waals surface area contributed by atoms with Crippen molar-refractivity contribution >= 4 is 39.7 Å². The fraction of sp³-hybridized carbons (Fsp3) is 0.529.